The van der Waals surface area contributed by atoms with Crippen LogP contribution in [-0.2, 0) is 0 Å². The number of aryl methyl sites for hydroxylation is 2. The first kappa shape index (κ1) is 16.2. The fourth-order valence-corrected chi connectivity index (χ4v) is 3.14. The van der Waals surface area contributed by atoms with Crippen LogP contribution >= 0.6 is 27.7 Å². The first-order valence-electron chi connectivity index (χ1n) is 6.94. The second-order valence-corrected chi connectivity index (χ2v) is 7.03. The Bertz CT molecular complexity index is 616. The van der Waals surface area contributed by atoms with Crippen molar-refractivity contribution >= 4 is 33.4 Å². The summed E-state index contributed by atoms with van der Waals surface area (Å²) in [5.41, 5.74) is 9.36. The molecule has 0 fully saturated rings. The minimum absolute atomic E-state index is 0.728. The number of hydrogen-bond acceptors (Lipinski definition) is 3. The summed E-state index contributed by atoms with van der Waals surface area (Å²) in [6.07, 6.45) is 0.993. The van der Waals surface area contributed by atoms with E-state index in [1.807, 2.05) is 24.3 Å². The van der Waals surface area contributed by atoms with Gasteiger partial charge in [-0.05, 0) is 61.7 Å². The lowest BCUT2D eigenvalue weighted by Gasteiger charge is -2.09. The van der Waals surface area contributed by atoms with Crippen LogP contribution in [0.1, 0.15) is 17.5 Å². The molecule has 112 valence electrons. The highest BCUT2D eigenvalue weighted by atomic mass is 79.9. The molecule has 0 aliphatic heterocycles. The van der Waals surface area contributed by atoms with Gasteiger partial charge in [0, 0.05) is 20.8 Å². The summed E-state index contributed by atoms with van der Waals surface area (Å²) in [7, 11) is 0. The normalized spacial score (nSPS) is 10.6. The number of benzene rings is 2. The molecule has 0 spiro atoms. The Kier molecular flexibility index (Phi) is 6.00. The average molecular weight is 366 g/mol. The summed E-state index contributed by atoms with van der Waals surface area (Å²) in [6.45, 7) is 4.94. The Balaban J connectivity index is 1.73. The van der Waals surface area contributed by atoms with E-state index in [2.05, 4.69) is 41.9 Å². The zero-order chi connectivity index (χ0) is 15.2. The van der Waals surface area contributed by atoms with E-state index in [-0.39, 0.29) is 0 Å². The van der Waals surface area contributed by atoms with Crippen molar-refractivity contribution in [2.75, 3.05) is 18.1 Å². The van der Waals surface area contributed by atoms with Crippen LogP contribution in [0, 0.1) is 13.8 Å². The molecule has 2 N–H and O–H groups in total. The summed E-state index contributed by atoms with van der Waals surface area (Å²) in [4.78, 5) is 1.13. The quantitative estimate of drug-likeness (QED) is 0.433. The number of nitrogen functional groups attached to an aromatic ring is 1. The predicted octanol–water partition coefficient (Wildman–Crippen LogP) is 5.21. The topological polar surface area (TPSA) is 35.2 Å². The van der Waals surface area contributed by atoms with Gasteiger partial charge >= 0.3 is 0 Å². The molecule has 0 aromatic heterocycles. The van der Waals surface area contributed by atoms with Crippen molar-refractivity contribution in [3.63, 3.8) is 0 Å². The highest BCUT2D eigenvalue weighted by molar-refractivity contribution is 9.10. The first-order chi connectivity index (χ1) is 10.1. The van der Waals surface area contributed by atoms with Crippen LogP contribution in [0.5, 0.6) is 5.75 Å². The Morgan fingerprint density at radius 3 is 2.62 bits per heavy atom. The van der Waals surface area contributed by atoms with Crippen molar-refractivity contribution in [2.45, 2.75) is 25.2 Å². The Morgan fingerprint density at radius 2 is 1.90 bits per heavy atom. The summed E-state index contributed by atoms with van der Waals surface area (Å²) >= 11 is 5.19. The van der Waals surface area contributed by atoms with Gasteiger partial charge in [-0.2, -0.15) is 0 Å². The molecule has 0 unspecified atom stereocenters. The molecule has 0 radical (unpaired) electrons. The van der Waals surface area contributed by atoms with Crippen molar-refractivity contribution in [1.29, 1.82) is 0 Å². The van der Waals surface area contributed by atoms with Gasteiger partial charge in [-0.15, -0.1) is 11.8 Å². The molecule has 2 nitrogen and oxygen atoms in total. The summed E-state index contributed by atoms with van der Waals surface area (Å²) in [6, 6.07) is 12.2. The number of thioether (sulfide) groups is 1. The molecule has 0 saturated carbocycles. The molecular formula is C17H20BrNOS. The largest absolute Gasteiger partial charge is 0.494 e. The number of rotatable bonds is 6. The average Bonchev–Trinajstić information content (AvgIpc) is 2.44. The lowest BCUT2D eigenvalue weighted by Crippen LogP contribution is -1.99. The predicted molar refractivity (Wildman–Crippen MR) is 95.3 cm³/mol. The summed E-state index contributed by atoms with van der Waals surface area (Å²) in [5.74, 6) is 1.95. The summed E-state index contributed by atoms with van der Waals surface area (Å²) < 4.78 is 6.79. The van der Waals surface area contributed by atoms with Crippen molar-refractivity contribution in [1.82, 2.24) is 0 Å². The number of ether oxygens (including phenoxy) is 1. The van der Waals surface area contributed by atoms with E-state index < -0.39 is 0 Å². The Labute approximate surface area is 139 Å². The van der Waals surface area contributed by atoms with Gasteiger partial charge in [0.25, 0.3) is 0 Å². The van der Waals surface area contributed by atoms with Gasteiger partial charge in [-0.25, -0.2) is 0 Å². The second kappa shape index (κ2) is 7.76. The maximum absolute atomic E-state index is 5.98. The first-order valence-corrected chi connectivity index (χ1v) is 8.72. The number of halogens is 1. The Hall–Kier alpha value is -1.13. The minimum atomic E-state index is 0.728. The lowest BCUT2D eigenvalue weighted by atomic mass is 10.1. The van der Waals surface area contributed by atoms with Crippen molar-refractivity contribution in [3.05, 3.63) is 52.0 Å². The van der Waals surface area contributed by atoms with Gasteiger partial charge < -0.3 is 10.5 Å². The van der Waals surface area contributed by atoms with E-state index in [9.17, 15) is 0 Å². The number of anilines is 1. The second-order valence-electron chi connectivity index (χ2n) is 4.98. The maximum atomic E-state index is 5.98. The smallest absolute Gasteiger partial charge is 0.119 e. The van der Waals surface area contributed by atoms with Crippen LogP contribution in [0.15, 0.2) is 45.8 Å². The molecule has 21 heavy (non-hydrogen) atoms. The molecule has 0 aliphatic rings. The van der Waals surface area contributed by atoms with Gasteiger partial charge in [0.1, 0.15) is 5.75 Å². The zero-order valence-corrected chi connectivity index (χ0v) is 14.8. The zero-order valence-electron chi connectivity index (χ0n) is 12.4. The van der Waals surface area contributed by atoms with E-state index in [0.717, 1.165) is 39.6 Å². The highest BCUT2D eigenvalue weighted by Gasteiger charge is 2.01. The van der Waals surface area contributed by atoms with Crippen LogP contribution in [0.3, 0.4) is 0 Å². The van der Waals surface area contributed by atoms with Crippen LogP contribution in [-0.4, -0.2) is 12.4 Å². The molecule has 0 aliphatic carbocycles. The van der Waals surface area contributed by atoms with Crippen molar-refractivity contribution in [3.8, 4) is 5.75 Å². The Morgan fingerprint density at radius 1 is 1.10 bits per heavy atom. The molecule has 0 saturated heterocycles. The van der Waals surface area contributed by atoms with E-state index in [1.165, 1.54) is 11.1 Å². The molecule has 0 amide bonds. The minimum Gasteiger partial charge on any atom is -0.494 e. The maximum Gasteiger partial charge on any atom is 0.119 e. The lowest BCUT2D eigenvalue weighted by molar-refractivity contribution is 0.318. The third-order valence-electron chi connectivity index (χ3n) is 3.27. The van der Waals surface area contributed by atoms with Crippen LogP contribution in [0.2, 0.25) is 0 Å². The van der Waals surface area contributed by atoms with E-state index in [4.69, 9.17) is 10.5 Å². The number of nitrogens with two attached hydrogens (primary N) is 1. The van der Waals surface area contributed by atoms with Gasteiger partial charge in [0.15, 0.2) is 0 Å². The molecule has 0 bridgehead atoms. The van der Waals surface area contributed by atoms with Gasteiger partial charge in [-0.1, -0.05) is 22.0 Å². The fourth-order valence-electron chi connectivity index (χ4n) is 1.89. The molecule has 0 atom stereocenters. The van der Waals surface area contributed by atoms with E-state index >= 15 is 0 Å². The molecule has 0 heterocycles. The van der Waals surface area contributed by atoms with Crippen LogP contribution in [0.4, 0.5) is 5.69 Å². The standard InChI is InChI=1S/C17H20BrNOS/c1-12-4-6-15(10-13(12)2)20-8-3-9-21-17-7-5-14(18)11-16(17)19/h4-7,10-11H,3,8-9,19H2,1-2H3. The molecule has 2 rings (SSSR count). The van der Waals surface area contributed by atoms with Gasteiger partial charge in [-0.3, -0.25) is 0 Å². The van der Waals surface area contributed by atoms with Crippen molar-refractivity contribution < 1.29 is 4.74 Å². The van der Waals surface area contributed by atoms with Crippen molar-refractivity contribution in [2.24, 2.45) is 0 Å². The number of hydrogen-bond donors (Lipinski definition) is 1. The van der Waals surface area contributed by atoms with E-state index in [0.29, 0.717) is 0 Å². The van der Waals surface area contributed by atoms with Gasteiger partial charge in [0.05, 0.1) is 6.61 Å². The van der Waals surface area contributed by atoms with Gasteiger partial charge in [0.2, 0.25) is 0 Å². The fraction of sp³-hybridized carbons (Fsp3) is 0.294. The SMILES string of the molecule is Cc1ccc(OCCCSc2ccc(Br)cc2N)cc1C. The monoisotopic (exact) mass is 365 g/mol. The third kappa shape index (κ3) is 4.97. The third-order valence-corrected chi connectivity index (χ3v) is 4.93. The molecule has 4 heteroatoms. The van der Waals surface area contributed by atoms with E-state index in [1.54, 1.807) is 11.8 Å². The van der Waals surface area contributed by atoms with Crippen LogP contribution < -0.4 is 10.5 Å². The molecular weight excluding hydrogens is 346 g/mol. The molecule has 2 aromatic carbocycles. The highest BCUT2D eigenvalue weighted by Crippen LogP contribution is 2.28. The summed E-state index contributed by atoms with van der Waals surface area (Å²) in [5, 5.41) is 0. The molecule has 2 aromatic rings. The van der Waals surface area contributed by atoms with Crippen LogP contribution in [0.25, 0.3) is 0 Å².